The van der Waals surface area contributed by atoms with Gasteiger partial charge in [-0.3, -0.25) is 14.2 Å². The number of hydrogen-bond donors (Lipinski definition) is 1. The topological polar surface area (TPSA) is 90.2 Å². The van der Waals surface area contributed by atoms with E-state index >= 15 is 0 Å². The molecule has 2 aliphatic rings. The van der Waals surface area contributed by atoms with E-state index in [1.165, 1.54) is 0 Å². The highest BCUT2D eigenvalue weighted by molar-refractivity contribution is 5.94. The highest BCUT2D eigenvalue weighted by atomic mass is 16.5. The summed E-state index contributed by atoms with van der Waals surface area (Å²) >= 11 is 0. The molecule has 0 aliphatic carbocycles. The summed E-state index contributed by atoms with van der Waals surface area (Å²) in [4.78, 5) is 23.7. The molecule has 39 heavy (non-hydrogen) atoms. The molecule has 4 aromatic rings. The Bertz CT molecular complexity index is 1390. The van der Waals surface area contributed by atoms with Crippen molar-refractivity contribution >= 4 is 17.2 Å². The molecular formula is C30H33N5O4. The van der Waals surface area contributed by atoms with Crippen LogP contribution in [0.1, 0.15) is 23.2 Å². The zero-order valence-electron chi connectivity index (χ0n) is 21.9. The minimum absolute atomic E-state index is 0.00441. The number of benzene rings is 1. The molecule has 0 unspecified atom stereocenters. The summed E-state index contributed by atoms with van der Waals surface area (Å²) in [5.41, 5.74) is 6.35. The number of nitrogens with zero attached hydrogens (tertiary/aromatic N) is 4. The minimum Gasteiger partial charge on any atom is -0.383 e. The Balaban J connectivity index is 1.08. The summed E-state index contributed by atoms with van der Waals surface area (Å²) in [6, 6.07) is 16.2. The molecule has 3 aromatic heterocycles. The van der Waals surface area contributed by atoms with Gasteiger partial charge in [0, 0.05) is 62.1 Å². The molecule has 5 heterocycles. The van der Waals surface area contributed by atoms with Crippen molar-refractivity contribution in [3.63, 3.8) is 0 Å². The van der Waals surface area contributed by atoms with Crippen LogP contribution in [-0.4, -0.2) is 83.9 Å². The normalized spacial score (nSPS) is 16.5. The number of fused-ring (bicyclic) bond motifs is 1. The van der Waals surface area contributed by atoms with Crippen molar-refractivity contribution in [1.82, 2.24) is 19.3 Å². The maximum atomic E-state index is 12.7. The van der Waals surface area contributed by atoms with E-state index in [9.17, 15) is 4.79 Å². The minimum atomic E-state index is -0.00441. The van der Waals surface area contributed by atoms with Gasteiger partial charge in [0.1, 0.15) is 5.65 Å². The van der Waals surface area contributed by atoms with Crippen molar-refractivity contribution in [1.29, 1.82) is 0 Å². The maximum Gasteiger partial charge on any atom is 0.255 e. The molecule has 1 aromatic carbocycles. The lowest BCUT2D eigenvalue weighted by atomic mass is 10.1. The largest absolute Gasteiger partial charge is 0.383 e. The first-order chi connectivity index (χ1) is 19.2. The van der Waals surface area contributed by atoms with Crippen molar-refractivity contribution in [2.24, 2.45) is 0 Å². The van der Waals surface area contributed by atoms with Crippen LogP contribution in [0.3, 0.4) is 0 Å². The maximum absolute atomic E-state index is 12.7. The van der Waals surface area contributed by atoms with Gasteiger partial charge in [-0.2, -0.15) is 0 Å². The molecule has 9 heteroatoms. The molecule has 1 N–H and O–H groups in total. The van der Waals surface area contributed by atoms with Crippen LogP contribution in [0.15, 0.2) is 67.1 Å². The molecule has 202 valence electrons. The third kappa shape index (κ3) is 5.95. The number of anilines is 1. The van der Waals surface area contributed by atoms with Crippen LogP contribution < -0.4 is 5.32 Å². The summed E-state index contributed by atoms with van der Waals surface area (Å²) in [6.07, 6.45) is 7.84. The number of hydrogen-bond acceptors (Lipinski definition) is 7. The van der Waals surface area contributed by atoms with Crippen LogP contribution in [-0.2, 0) is 14.2 Å². The van der Waals surface area contributed by atoms with Crippen molar-refractivity contribution in [2.75, 3.05) is 58.0 Å². The highest BCUT2D eigenvalue weighted by Gasteiger charge is 2.19. The fourth-order valence-corrected chi connectivity index (χ4v) is 5.02. The van der Waals surface area contributed by atoms with E-state index in [-0.39, 0.29) is 5.91 Å². The van der Waals surface area contributed by atoms with Gasteiger partial charge >= 0.3 is 0 Å². The average Bonchev–Trinajstić information content (AvgIpc) is 3.44. The quantitative estimate of drug-likeness (QED) is 0.345. The lowest BCUT2D eigenvalue weighted by Gasteiger charge is -2.26. The number of nitrogens with one attached hydrogen (secondary N) is 1. The third-order valence-corrected chi connectivity index (χ3v) is 7.25. The number of carbonyl (C=O) groups excluding carboxylic acids is 1. The van der Waals surface area contributed by atoms with Crippen LogP contribution in [0, 0.1) is 0 Å². The first kappa shape index (κ1) is 25.5. The Morgan fingerprint density at radius 3 is 2.49 bits per heavy atom. The SMILES string of the molecule is O=C(c1ccc(-c2ccn3c(-c4ccc(NCCOC5CCOCC5)cc4)cnc3c2)nc1)N1CCOCC1. The predicted molar refractivity (Wildman–Crippen MR) is 149 cm³/mol. The molecule has 0 atom stereocenters. The fourth-order valence-electron chi connectivity index (χ4n) is 5.02. The monoisotopic (exact) mass is 527 g/mol. The number of pyridine rings is 2. The first-order valence-corrected chi connectivity index (χ1v) is 13.6. The van der Waals surface area contributed by atoms with E-state index in [2.05, 4.69) is 44.0 Å². The van der Waals surface area contributed by atoms with E-state index in [0.717, 1.165) is 66.4 Å². The Morgan fingerprint density at radius 1 is 0.923 bits per heavy atom. The number of carbonyl (C=O) groups is 1. The van der Waals surface area contributed by atoms with Crippen LogP contribution in [0.25, 0.3) is 28.2 Å². The molecule has 2 saturated heterocycles. The Hall–Kier alpha value is -3.79. The molecule has 0 bridgehead atoms. The van der Waals surface area contributed by atoms with Gasteiger partial charge in [0.2, 0.25) is 0 Å². The van der Waals surface area contributed by atoms with Gasteiger partial charge in [0.15, 0.2) is 0 Å². The lowest BCUT2D eigenvalue weighted by Crippen LogP contribution is -2.40. The molecule has 2 aliphatic heterocycles. The van der Waals surface area contributed by atoms with Crippen molar-refractivity contribution in [3.8, 4) is 22.5 Å². The Morgan fingerprint density at radius 2 is 1.72 bits per heavy atom. The van der Waals surface area contributed by atoms with E-state index in [1.54, 1.807) is 6.20 Å². The van der Waals surface area contributed by atoms with Gasteiger partial charge in [-0.05, 0) is 49.2 Å². The zero-order valence-corrected chi connectivity index (χ0v) is 21.9. The molecule has 2 fully saturated rings. The van der Waals surface area contributed by atoms with Crippen LogP contribution >= 0.6 is 0 Å². The van der Waals surface area contributed by atoms with Gasteiger partial charge in [-0.25, -0.2) is 4.98 Å². The fraction of sp³-hybridized carbons (Fsp3) is 0.367. The second kappa shape index (κ2) is 11.9. The zero-order chi connectivity index (χ0) is 26.4. The number of imidazole rings is 1. The van der Waals surface area contributed by atoms with Gasteiger partial charge in [-0.1, -0.05) is 12.1 Å². The lowest BCUT2D eigenvalue weighted by molar-refractivity contribution is -0.0283. The van der Waals surface area contributed by atoms with Gasteiger partial charge in [-0.15, -0.1) is 0 Å². The summed E-state index contributed by atoms with van der Waals surface area (Å²) in [7, 11) is 0. The first-order valence-electron chi connectivity index (χ1n) is 13.6. The summed E-state index contributed by atoms with van der Waals surface area (Å²) in [5.74, 6) is -0.00441. The van der Waals surface area contributed by atoms with E-state index in [1.807, 2.05) is 41.6 Å². The summed E-state index contributed by atoms with van der Waals surface area (Å²) in [5, 5.41) is 3.43. The van der Waals surface area contributed by atoms with Crippen molar-refractivity contribution < 1.29 is 19.0 Å². The Labute approximate surface area is 227 Å². The molecule has 6 rings (SSSR count). The van der Waals surface area contributed by atoms with Gasteiger partial charge in [0.05, 0.1) is 49.1 Å². The van der Waals surface area contributed by atoms with Crippen molar-refractivity contribution in [3.05, 3.63) is 72.7 Å². The smallest absolute Gasteiger partial charge is 0.255 e. The molecule has 0 spiro atoms. The standard InChI is InChI=1S/C30H33N5O4/c36-30(34-12-17-38-18-13-34)24-3-6-27(32-20-24)23-7-11-35-28(21-33-29(35)19-23)22-1-4-25(5-2-22)31-10-16-39-26-8-14-37-15-9-26/h1-7,11,19-21,26,31H,8-10,12-18H2. The second-order valence-corrected chi connectivity index (χ2v) is 9.81. The molecule has 9 nitrogen and oxygen atoms in total. The second-order valence-electron chi connectivity index (χ2n) is 9.81. The predicted octanol–water partition coefficient (Wildman–Crippen LogP) is 4.14. The van der Waals surface area contributed by atoms with Gasteiger partial charge in [0.25, 0.3) is 5.91 Å². The third-order valence-electron chi connectivity index (χ3n) is 7.25. The molecule has 1 amide bonds. The number of aromatic nitrogens is 3. The molecular weight excluding hydrogens is 494 g/mol. The number of morpholine rings is 1. The average molecular weight is 528 g/mol. The highest BCUT2D eigenvalue weighted by Crippen LogP contribution is 2.26. The molecule has 0 radical (unpaired) electrons. The number of ether oxygens (including phenoxy) is 3. The van der Waals surface area contributed by atoms with Gasteiger partial charge < -0.3 is 24.4 Å². The van der Waals surface area contributed by atoms with Crippen LogP contribution in [0.2, 0.25) is 0 Å². The number of amides is 1. The molecule has 0 saturated carbocycles. The van der Waals surface area contributed by atoms with Crippen LogP contribution in [0.4, 0.5) is 5.69 Å². The Kier molecular flexibility index (Phi) is 7.80. The van der Waals surface area contributed by atoms with E-state index in [4.69, 9.17) is 14.2 Å². The summed E-state index contributed by atoms with van der Waals surface area (Å²) in [6.45, 7) is 5.44. The van der Waals surface area contributed by atoms with E-state index < -0.39 is 0 Å². The van der Waals surface area contributed by atoms with Crippen molar-refractivity contribution in [2.45, 2.75) is 18.9 Å². The van der Waals surface area contributed by atoms with Crippen LogP contribution in [0.5, 0.6) is 0 Å². The number of rotatable bonds is 8. The summed E-state index contributed by atoms with van der Waals surface area (Å²) < 4.78 is 18.7. The van der Waals surface area contributed by atoms with E-state index in [0.29, 0.717) is 44.6 Å².